The summed E-state index contributed by atoms with van der Waals surface area (Å²) in [5.74, 6) is -0.0442. The summed E-state index contributed by atoms with van der Waals surface area (Å²) in [5, 5.41) is 7.76. The van der Waals surface area contributed by atoms with Gasteiger partial charge in [-0.25, -0.2) is 4.79 Å². The summed E-state index contributed by atoms with van der Waals surface area (Å²) in [6, 6.07) is 4.75. The van der Waals surface area contributed by atoms with Crippen LogP contribution in [0.2, 0.25) is 0 Å². The first kappa shape index (κ1) is 24.2. The molecule has 0 spiro atoms. The van der Waals surface area contributed by atoms with E-state index in [4.69, 9.17) is 4.74 Å². The van der Waals surface area contributed by atoms with E-state index < -0.39 is 23.4 Å². The van der Waals surface area contributed by atoms with Gasteiger partial charge in [-0.3, -0.25) is 9.59 Å². The van der Waals surface area contributed by atoms with E-state index in [1.807, 2.05) is 0 Å². The number of aromatic nitrogens is 3. The van der Waals surface area contributed by atoms with Gasteiger partial charge in [0.2, 0.25) is 5.91 Å². The molecule has 0 unspecified atom stereocenters. The Morgan fingerprint density at radius 1 is 1.12 bits per heavy atom. The van der Waals surface area contributed by atoms with Crippen molar-refractivity contribution in [1.82, 2.24) is 25.0 Å². The van der Waals surface area contributed by atoms with Gasteiger partial charge >= 0.3 is 12.3 Å². The Hall–Kier alpha value is -3.44. The van der Waals surface area contributed by atoms with Gasteiger partial charge in [0.15, 0.2) is 0 Å². The fourth-order valence-electron chi connectivity index (χ4n) is 3.43. The van der Waals surface area contributed by atoms with Crippen LogP contribution in [0.3, 0.4) is 0 Å². The zero-order valence-electron chi connectivity index (χ0n) is 18.0. The van der Waals surface area contributed by atoms with E-state index in [2.05, 4.69) is 15.2 Å². The molecule has 178 valence electrons. The van der Waals surface area contributed by atoms with Crippen LogP contribution in [0, 0.1) is 0 Å². The first-order chi connectivity index (χ1) is 15.7. The molecule has 0 aliphatic carbocycles. The smallest absolute Gasteiger partial charge is 0.416 e. The Bertz CT molecular complexity index is 1050. The zero-order valence-corrected chi connectivity index (χ0v) is 18.0. The maximum atomic E-state index is 12.9. The molecule has 33 heavy (non-hydrogen) atoms. The first-order valence-corrected chi connectivity index (χ1v) is 10.5. The second kappa shape index (κ2) is 10.5. The lowest BCUT2D eigenvalue weighted by Crippen LogP contribution is -2.50. The second-order valence-electron chi connectivity index (χ2n) is 7.49. The lowest BCUT2D eigenvalue weighted by molar-refractivity contribution is -0.137. The molecule has 1 saturated heterocycles. The van der Waals surface area contributed by atoms with Crippen molar-refractivity contribution in [2.75, 3.05) is 32.8 Å². The van der Waals surface area contributed by atoms with Crippen LogP contribution in [0.1, 0.15) is 36.0 Å². The minimum Gasteiger partial charge on any atom is -0.450 e. The van der Waals surface area contributed by atoms with Crippen molar-refractivity contribution in [2.45, 2.75) is 32.4 Å². The monoisotopic (exact) mass is 467 g/mol. The second-order valence-corrected chi connectivity index (χ2v) is 7.49. The lowest BCUT2D eigenvalue weighted by Gasteiger charge is -2.34. The Balaban J connectivity index is 1.53. The third kappa shape index (κ3) is 6.53. The third-order valence-electron chi connectivity index (χ3n) is 5.17. The van der Waals surface area contributed by atoms with Gasteiger partial charge < -0.3 is 19.5 Å². The molecule has 2 amide bonds. The molecule has 1 aliphatic rings. The number of hydrogen-bond acceptors (Lipinski definition) is 6. The normalized spacial score (nSPS) is 14.3. The van der Waals surface area contributed by atoms with Crippen LogP contribution >= 0.6 is 0 Å². The molecule has 2 heterocycles. The molecule has 1 aromatic carbocycles. The molecule has 0 radical (unpaired) electrons. The van der Waals surface area contributed by atoms with Crippen molar-refractivity contribution >= 4 is 12.0 Å². The van der Waals surface area contributed by atoms with Crippen LogP contribution in [0.5, 0.6) is 0 Å². The highest BCUT2D eigenvalue weighted by Gasteiger charge is 2.30. The minimum atomic E-state index is -4.46. The van der Waals surface area contributed by atoms with Gasteiger partial charge in [-0.05, 0) is 18.6 Å². The molecule has 1 aliphatic heterocycles. The number of aryl methyl sites for hydroxylation is 1. The molecular formula is C21H24F3N5O4. The lowest BCUT2D eigenvalue weighted by atomic mass is 10.1. The standard InChI is InChI=1S/C21H24F3N5O4/c1-2-33-20(32)29-10-8-28(9-11-29)18(30)7-6-16-19(31)25-17(27-26-16)13-14-4-3-5-15(12-14)21(22,23)24/h3-5,12H,2,6-11,13H2,1H3,(H,25,27,31). The summed E-state index contributed by atoms with van der Waals surface area (Å²) >= 11 is 0. The van der Waals surface area contributed by atoms with Gasteiger partial charge in [-0.2, -0.15) is 13.2 Å². The number of aromatic amines is 1. The SMILES string of the molecule is CCOC(=O)N1CCN(C(=O)CCc2nnc(Cc3cccc(C(F)(F)F)c3)[nH]c2=O)CC1. The summed E-state index contributed by atoms with van der Waals surface area (Å²) in [6.07, 6.45) is -4.77. The highest BCUT2D eigenvalue weighted by Crippen LogP contribution is 2.29. The molecule has 1 aromatic heterocycles. The van der Waals surface area contributed by atoms with Crippen molar-refractivity contribution in [3.05, 3.63) is 57.3 Å². The Kier molecular flexibility index (Phi) is 7.67. The van der Waals surface area contributed by atoms with Gasteiger partial charge in [0.05, 0.1) is 12.2 Å². The average Bonchev–Trinajstić information content (AvgIpc) is 2.78. The minimum absolute atomic E-state index is 0.0177. The Morgan fingerprint density at radius 2 is 1.82 bits per heavy atom. The van der Waals surface area contributed by atoms with Crippen LogP contribution in [-0.4, -0.2) is 69.8 Å². The van der Waals surface area contributed by atoms with E-state index in [9.17, 15) is 27.6 Å². The number of rotatable bonds is 6. The van der Waals surface area contributed by atoms with E-state index >= 15 is 0 Å². The number of benzene rings is 1. The van der Waals surface area contributed by atoms with Crippen molar-refractivity contribution < 1.29 is 27.5 Å². The topological polar surface area (TPSA) is 108 Å². The van der Waals surface area contributed by atoms with Crippen LogP contribution < -0.4 is 5.56 Å². The van der Waals surface area contributed by atoms with Crippen molar-refractivity contribution in [3.8, 4) is 0 Å². The fourth-order valence-corrected chi connectivity index (χ4v) is 3.43. The number of halogens is 3. The Labute approximate surface area is 187 Å². The molecule has 12 heteroatoms. The van der Waals surface area contributed by atoms with E-state index in [1.165, 1.54) is 17.0 Å². The van der Waals surface area contributed by atoms with Gasteiger partial charge in [0.25, 0.3) is 5.56 Å². The summed E-state index contributed by atoms with van der Waals surface area (Å²) < 4.78 is 43.5. The summed E-state index contributed by atoms with van der Waals surface area (Å²) in [4.78, 5) is 42.1. The van der Waals surface area contributed by atoms with Gasteiger partial charge in [-0.1, -0.05) is 18.2 Å². The molecule has 2 aromatic rings. The van der Waals surface area contributed by atoms with Crippen LogP contribution in [-0.2, 0) is 28.5 Å². The summed E-state index contributed by atoms with van der Waals surface area (Å²) in [7, 11) is 0. The number of hydrogen-bond donors (Lipinski definition) is 1. The average molecular weight is 467 g/mol. The van der Waals surface area contributed by atoms with Gasteiger partial charge in [0, 0.05) is 45.4 Å². The van der Waals surface area contributed by atoms with Crippen LogP contribution in [0.4, 0.5) is 18.0 Å². The zero-order chi connectivity index (χ0) is 24.0. The van der Waals surface area contributed by atoms with E-state index in [0.717, 1.165) is 12.1 Å². The maximum Gasteiger partial charge on any atom is 0.416 e. The van der Waals surface area contributed by atoms with E-state index in [1.54, 1.807) is 11.8 Å². The quantitative estimate of drug-likeness (QED) is 0.696. The maximum absolute atomic E-state index is 12.9. The molecule has 1 N–H and O–H groups in total. The van der Waals surface area contributed by atoms with Crippen LogP contribution in [0.15, 0.2) is 29.1 Å². The predicted molar refractivity (Wildman–Crippen MR) is 110 cm³/mol. The van der Waals surface area contributed by atoms with Gasteiger partial charge in [0.1, 0.15) is 11.5 Å². The Morgan fingerprint density at radius 3 is 2.45 bits per heavy atom. The summed E-state index contributed by atoms with van der Waals surface area (Å²) in [6.45, 7) is 3.49. The first-order valence-electron chi connectivity index (χ1n) is 10.5. The molecular weight excluding hydrogens is 443 g/mol. The number of nitrogens with zero attached hydrogens (tertiary/aromatic N) is 4. The van der Waals surface area contributed by atoms with Crippen molar-refractivity contribution in [1.29, 1.82) is 0 Å². The number of alkyl halides is 3. The third-order valence-corrected chi connectivity index (χ3v) is 5.17. The van der Waals surface area contributed by atoms with Crippen LogP contribution in [0.25, 0.3) is 0 Å². The molecule has 9 nitrogen and oxygen atoms in total. The molecule has 0 saturated carbocycles. The molecule has 1 fully saturated rings. The van der Waals surface area contributed by atoms with Crippen molar-refractivity contribution in [2.24, 2.45) is 0 Å². The highest BCUT2D eigenvalue weighted by atomic mass is 19.4. The van der Waals surface area contributed by atoms with Crippen molar-refractivity contribution in [3.63, 3.8) is 0 Å². The molecule has 0 bridgehead atoms. The largest absolute Gasteiger partial charge is 0.450 e. The number of ether oxygens (including phenoxy) is 1. The number of nitrogens with one attached hydrogen (secondary N) is 1. The molecule has 3 rings (SSSR count). The summed E-state index contributed by atoms with van der Waals surface area (Å²) in [5.41, 5.74) is -0.915. The van der Waals surface area contributed by atoms with E-state index in [-0.39, 0.29) is 43.3 Å². The van der Waals surface area contributed by atoms with E-state index in [0.29, 0.717) is 31.7 Å². The van der Waals surface area contributed by atoms with Gasteiger partial charge in [-0.15, -0.1) is 10.2 Å². The number of H-pyrrole nitrogens is 1. The number of carbonyl (C=O) groups is 2. The number of amides is 2. The number of carbonyl (C=O) groups excluding carboxylic acids is 2. The molecule has 0 atom stereocenters. The predicted octanol–water partition coefficient (Wildman–Crippen LogP) is 2.01. The number of piperazine rings is 1. The highest BCUT2D eigenvalue weighted by molar-refractivity contribution is 5.77. The fraction of sp³-hybridized carbons (Fsp3) is 0.476.